The molecule has 0 bridgehead atoms. The summed E-state index contributed by atoms with van der Waals surface area (Å²) in [6, 6.07) is 10.0. The quantitative estimate of drug-likeness (QED) is 0.229. The molecule has 0 aliphatic rings. The second-order valence-corrected chi connectivity index (χ2v) is 10.4. The number of hydrogen-bond donors (Lipinski definition) is 3. The van der Waals surface area contributed by atoms with Gasteiger partial charge in [0.1, 0.15) is 5.82 Å². The molecule has 0 saturated carbocycles. The van der Waals surface area contributed by atoms with Gasteiger partial charge in [-0.2, -0.15) is 0 Å². The molecular weight excluding hydrogens is 417 g/mol. The second-order valence-electron chi connectivity index (χ2n) is 8.33. The van der Waals surface area contributed by atoms with Crippen LogP contribution in [-0.2, 0) is 26.0 Å². The molecule has 2 rings (SSSR count). The number of carboxylic acid groups (broad SMARTS) is 2. The van der Waals surface area contributed by atoms with E-state index >= 15 is 0 Å². The monoisotopic (exact) mass is 444 g/mol. The molecule has 31 heavy (non-hydrogen) atoms. The van der Waals surface area contributed by atoms with E-state index in [1.54, 1.807) is 0 Å². The minimum absolute atomic E-state index is 0.0870. The molecule has 165 valence electrons. The third-order valence-corrected chi connectivity index (χ3v) is 5.31. The van der Waals surface area contributed by atoms with Crippen LogP contribution in [0.15, 0.2) is 48.2 Å². The number of halogens is 1. The van der Waals surface area contributed by atoms with Crippen molar-refractivity contribution >= 4 is 26.7 Å². The molecule has 0 amide bonds. The van der Waals surface area contributed by atoms with Gasteiger partial charge in [0, 0.05) is 17.5 Å². The number of benzene rings is 2. The molecule has 0 atom stereocenters. The summed E-state index contributed by atoms with van der Waals surface area (Å²) in [6.45, 7) is 10.7. The standard InChI is InChI=1S/C23H27FNO5Si/c1-23(2,3)15-6-8-17(14(10-15)13-30-31(4)5)18-11-16(7-9-20(18)24)25-12-19(21(26)27)22(28)29/h6-12,25H,13H2,1-5H3,(H,26,27)(H,28,29). The van der Waals surface area contributed by atoms with Crippen LogP contribution in [-0.4, -0.2) is 31.2 Å². The van der Waals surface area contributed by atoms with Gasteiger partial charge in [-0.3, -0.25) is 0 Å². The lowest BCUT2D eigenvalue weighted by Crippen LogP contribution is -2.13. The predicted octanol–water partition coefficient (Wildman–Crippen LogP) is 5.02. The van der Waals surface area contributed by atoms with Gasteiger partial charge in [-0.05, 0) is 53.4 Å². The van der Waals surface area contributed by atoms with E-state index in [9.17, 15) is 14.0 Å². The third kappa shape index (κ3) is 6.50. The summed E-state index contributed by atoms with van der Waals surface area (Å²) in [4.78, 5) is 22.1. The van der Waals surface area contributed by atoms with Crippen molar-refractivity contribution in [2.75, 3.05) is 5.32 Å². The van der Waals surface area contributed by atoms with Crippen molar-refractivity contribution in [2.45, 2.75) is 45.9 Å². The summed E-state index contributed by atoms with van der Waals surface area (Å²) < 4.78 is 20.6. The lowest BCUT2D eigenvalue weighted by Gasteiger charge is -2.22. The number of carboxylic acids is 2. The summed E-state index contributed by atoms with van der Waals surface area (Å²) in [7, 11) is -0.955. The first-order valence-electron chi connectivity index (χ1n) is 9.69. The minimum Gasteiger partial charge on any atom is -0.477 e. The molecule has 0 unspecified atom stereocenters. The van der Waals surface area contributed by atoms with Crippen LogP contribution in [0, 0.1) is 5.82 Å². The van der Waals surface area contributed by atoms with Crippen LogP contribution in [0.3, 0.4) is 0 Å². The Morgan fingerprint density at radius 1 is 1.06 bits per heavy atom. The number of rotatable bonds is 8. The van der Waals surface area contributed by atoms with E-state index in [0.29, 0.717) is 23.4 Å². The van der Waals surface area contributed by atoms with Crippen LogP contribution < -0.4 is 5.32 Å². The Hall–Kier alpha value is -2.97. The predicted molar refractivity (Wildman–Crippen MR) is 120 cm³/mol. The van der Waals surface area contributed by atoms with Crippen molar-refractivity contribution in [1.82, 2.24) is 0 Å². The third-order valence-electron chi connectivity index (χ3n) is 4.59. The molecule has 2 aromatic carbocycles. The molecule has 1 radical (unpaired) electrons. The summed E-state index contributed by atoms with van der Waals surface area (Å²) >= 11 is 0. The van der Waals surface area contributed by atoms with Crippen molar-refractivity contribution in [3.8, 4) is 11.1 Å². The average Bonchev–Trinajstić information content (AvgIpc) is 2.66. The van der Waals surface area contributed by atoms with E-state index in [-0.39, 0.29) is 5.41 Å². The topological polar surface area (TPSA) is 95.9 Å². The Labute approximate surface area is 183 Å². The maximum atomic E-state index is 14.8. The minimum atomic E-state index is -1.57. The maximum Gasteiger partial charge on any atom is 0.344 e. The summed E-state index contributed by atoms with van der Waals surface area (Å²) in [6.07, 6.45) is 0.872. The first-order valence-corrected chi connectivity index (χ1v) is 12.1. The molecule has 0 aromatic heterocycles. The van der Waals surface area contributed by atoms with Crippen LogP contribution in [0.1, 0.15) is 31.9 Å². The fraction of sp³-hybridized carbons (Fsp3) is 0.304. The first kappa shape index (κ1) is 24.3. The molecule has 0 aliphatic heterocycles. The lowest BCUT2D eigenvalue weighted by atomic mass is 9.84. The zero-order valence-corrected chi connectivity index (χ0v) is 19.2. The summed E-state index contributed by atoms with van der Waals surface area (Å²) in [5.41, 5.74) is 2.37. The molecule has 0 aliphatic carbocycles. The van der Waals surface area contributed by atoms with Crippen LogP contribution in [0.2, 0.25) is 13.1 Å². The number of anilines is 1. The van der Waals surface area contributed by atoms with Gasteiger partial charge in [-0.15, -0.1) is 0 Å². The van der Waals surface area contributed by atoms with Crippen molar-refractivity contribution < 1.29 is 28.6 Å². The van der Waals surface area contributed by atoms with E-state index in [1.807, 2.05) is 31.3 Å². The average molecular weight is 445 g/mol. The van der Waals surface area contributed by atoms with Gasteiger partial charge >= 0.3 is 11.9 Å². The van der Waals surface area contributed by atoms with Gasteiger partial charge in [-0.1, -0.05) is 39.0 Å². The zero-order valence-electron chi connectivity index (χ0n) is 18.2. The van der Waals surface area contributed by atoms with Gasteiger partial charge < -0.3 is 20.0 Å². The number of nitrogens with one attached hydrogen (secondary N) is 1. The largest absolute Gasteiger partial charge is 0.477 e. The highest BCUT2D eigenvalue weighted by Gasteiger charge is 2.19. The van der Waals surface area contributed by atoms with Crippen LogP contribution in [0.4, 0.5) is 10.1 Å². The van der Waals surface area contributed by atoms with Gasteiger partial charge in [0.25, 0.3) is 0 Å². The van der Waals surface area contributed by atoms with Crippen molar-refractivity contribution in [3.05, 3.63) is 65.1 Å². The fourth-order valence-corrected chi connectivity index (χ4v) is 3.30. The van der Waals surface area contributed by atoms with Crippen LogP contribution in [0.25, 0.3) is 11.1 Å². The Bertz CT molecular complexity index is 996. The normalized spacial score (nSPS) is 11.3. The molecule has 3 N–H and O–H groups in total. The van der Waals surface area contributed by atoms with E-state index in [1.165, 1.54) is 18.2 Å². The molecule has 0 fully saturated rings. The lowest BCUT2D eigenvalue weighted by molar-refractivity contribution is -0.140. The fourth-order valence-electron chi connectivity index (χ4n) is 2.86. The van der Waals surface area contributed by atoms with E-state index in [0.717, 1.165) is 17.3 Å². The van der Waals surface area contributed by atoms with E-state index in [4.69, 9.17) is 14.6 Å². The highest BCUT2D eigenvalue weighted by Crippen LogP contribution is 2.33. The molecule has 2 aromatic rings. The van der Waals surface area contributed by atoms with Gasteiger partial charge in [0.05, 0.1) is 6.61 Å². The van der Waals surface area contributed by atoms with Gasteiger partial charge in [0.2, 0.25) is 9.04 Å². The Balaban J connectivity index is 2.51. The molecule has 0 heterocycles. The SMILES string of the molecule is C[Si](C)OCc1cc(C(C)(C)C)ccc1-c1cc(NC=C(C(=O)O)C(=O)O)ccc1F. The smallest absolute Gasteiger partial charge is 0.344 e. The van der Waals surface area contributed by atoms with Gasteiger partial charge in [0.15, 0.2) is 5.57 Å². The molecule has 8 heteroatoms. The highest BCUT2D eigenvalue weighted by molar-refractivity contribution is 6.48. The second kappa shape index (κ2) is 9.89. The number of carbonyl (C=O) groups is 2. The highest BCUT2D eigenvalue weighted by atomic mass is 28.3. The van der Waals surface area contributed by atoms with Crippen LogP contribution >= 0.6 is 0 Å². The molecular formula is C23H27FNO5Si. The molecule has 0 spiro atoms. The van der Waals surface area contributed by atoms with E-state index < -0.39 is 32.4 Å². The van der Waals surface area contributed by atoms with Crippen molar-refractivity contribution in [1.29, 1.82) is 0 Å². The van der Waals surface area contributed by atoms with Gasteiger partial charge in [-0.25, -0.2) is 14.0 Å². The zero-order chi connectivity index (χ0) is 23.3. The Morgan fingerprint density at radius 3 is 2.26 bits per heavy atom. The Morgan fingerprint density at radius 2 is 1.71 bits per heavy atom. The maximum absolute atomic E-state index is 14.8. The first-order chi connectivity index (χ1) is 14.4. The number of hydrogen-bond acceptors (Lipinski definition) is 4. The summed E-state index contributed by atoms with van der Waals surface area (Å²) in [5.74, 6) is -3.60. The number of aliphatic carboxylic acids is 2. The van der Waals surface area contributed by atoms with Crippen LogP contribution in [0.5, 0.6) is 0 Å². The summed E-state index contributed by atoms with van der Waals surface area (Å²) in [5, 5.41) is 20.6. The molecule has 0 saturated heterocycles. The Kier molecular flexibility index (Phi) is 7.75. The van der Waals surface area contributed by atoms with Crippen molar-refractivity contribution in [3.63, 3.8) is 0 Å². The molecule has 6 nitrogen and oxygen atoms in total. The van der Waals surface area contributed by atoms with Crippen molar-refractivity contribution in [2.24, 2.45) is 0 Å². The van der Waals surface area contributed by atoms with E-state index in [2.05, 4.69) is 26.1 Å².